The van der Waals surface area contributed by atoms with Crippen LogP contribution >= 0.6 is 11.6 Å². The Kier molecular flexibility index (Phi) is 3.78. The molecule has 0 aliphatic rings. The lowest BCUT2D eigenvalue weighted by Crippen LogP contribution is -2.30. The Morgan fingerprint density at radius 1 is 1.35 bits per heavy atom. The fraction of sp³-hybridized carbons (Fsp3) is 0.167. The highest BCUT2D eigenvalue weighted by Gasteiger charge is 2.17. The zero-order valence-electron chi connectivity index (χ0n) is 8.99. The average molecular weight is 255 g/mol. The molecule has 0 aliphatic heterocycles. The summed E-state index contributed by atoms with van der Waals surface area (Å²) in [4.78, 5) is 0. The first kappa shape index (κ1) is 12.1. The summed E-state index contributed by atoms with van der Waals surface area (Å²) in [6.45, 7) is 0. The molecule has 0 saturated carbocycles. The summed E-state index contributed by atoms with van der Waals surface area (Å²) in [5, 5.41) is 0.0854. The number of halogens is 2. The maximum Gasteiger partial charge on any atom is 0.146 e. The first-order valence-electron chi connectivity index (χ1n) is 5.14. The van der Waals surface area contributed by atoms with Crippen LogP contribution in [0.2, 0.25) is 5.02 Å². The summed E-state index contributed by atoms with van der Waals surface area (Å²) >= 11 is 5.73. The van der Waals surface area contributed by atoms with Crippen molar-refractivity contribution in [3.05, 3.63) is 58.8 Å². The van der Waals surface area contributed by atoms with E-state index in [0.29, 0.717) is 12.0 Å². The first-order valence-corrected chi connectivity index (χ1v) is 5.52. The van der Waals surface area contributed by atoms with Gasteiger partial charge in [0.1, 0.15) is 11.6 Å². The van der Waals surface area contributed by atoms with Crippen molar-refractivity contribution in [2.24, 2.45) is 5.84 Å². The monoisotopic (exact) mass is 254 g/mol. The molecule has 2 aromatic rings. The van der Waals surface area contributed by atoms with Crippen molar-refractivity contribution in [1.29, 1.82) is 0 Å². The molecule has 3 nitrogen and oxygen atoms in total. The van der Waals surface area contributed by atoms with E-state index in [-0.39, 0.29) is 11.1 Å². The van der Waals surface area contributed by atoms with Gasteiger partial charge in [0.15, 0.2) is 0 Å². The lowest BCUT2D eigenvalue weighted by molar-refractivity contribution is 0.444. The predicted molar refractivity (Wildman–Crippen MR) is 63.9 cm³/mol. The zero-order chi connectivity index (χ0) is 12.3. The van der Waals surface area contributed by atoms with Gasteiger partial charge in [-0.2, -0.15) is 0 Å². The van der Waals surface area contributed by atoms with Gasteiger partial charge >= 0.3 is 0 Å². The van der Waals surface area contributed by atoms with E-state index >= 15 is 0 Å². The Labute approximate surface area is 103 Å². The predicted octanol–water partition coefficient (Wildman–Crippen LogP) is 2.82. The van der Waals surface area contributed by atoms with Gasteiger partial charge in [-0.3, -0.25) is 11.3 Å². The van der Waals surface area contributed by atoms with Crippen LogP contribution in [0.1, 0.15) is 17.4 Å². The molecule has 90 valence electrons. The van der Waals surface area contributed by atoms with Gasteiger partial charge in [-0.05, 0) is 18.2 Å². The molecule has 1 unspecified atom stereocenters. The zero-order valence-corrected chi connectivity index (χ0v) is 9.75. The number of furan rings is 1. The van der Waals surface area contributed by atoms with E-state index in [0.717, 1.165) is 5.76 Å². The summed E-state index contributed by atoms with van der Waals surface area (Å²) in [7, 11) is 0. The van der Waals surface area contributed by atoms with Gasteiger partial charge < -0.3 is 4.42 Å². The molecule has 0 fully saturated rings. The van der Waals surface area contributed by atoms with E-state index in [2.05, 4.69) is 5.43 Å². The standard InChI is InChI=1S/C12H12ClFN2O/c13-10-5-1-4-9(12(10)14)11(16-15)7-8-3-2-6-17-8/h1-6,11,16H,7,15H2. The van der Waals surface area contributed by atoms with Crippen molar-refractivity contribution in [2.45, 2.75) is 12.5 Å². The van der Waals surface area contributed by atoms with E-state index in [1.54, 1.807) is 24.5 Å². The second-order valence-corrected chi connectivity index (χ2v) is 4.05. The molecule has 0 spiro atoms. The molecule has 3 N–H and O–H groups in total. The van der Waals surface area contributed by atoms with Crippen LogP contribution in [0.4, 0.5) is 4.39 Å². The minimum atomic E-state index is -0.455. The molecule has 5 heteroatoms. The van der Waals surface area contributed by atoms with Gasteiger partial charge in [0.05, 0.1) is 17.3 Å². The molecule has 0 saturated heterocycles. The highest BCUT2D eigenvalue weighted by Crippen LogP contribution is 2.25. The van der Waals surface area contributed by atoms with Crippen LogP contribution < -0.4 is 11.3 Å². The third-order valence-corrected chi connectivity index (χ3v) is 2.84. The van der Waals surface area contributed by atoms with E-state index in [1.807, 2.05) is 6.07 Å². The Hall–Kier alpha value is -1.36. The van der Waals surface area contributed by atoms with Crippen LogP contribution in [-0.2, 0) is 6.42 Å². The molecule has 2 rings (SSSR count). The molecule has 1 aromatic carbocycles. The lowest BCUT2D eigenvalue weighted by Gasteiger charge is -2.16. The van der Waals surface area contributed by atoms with Crippen molar-refractivity contribution in [1.82, 2.24) is 5.43 Å². The minimum absolute atomic E-state index is 0.0854. The van der Waals surface area contributed by atoms with Gasteiger partial charge in [-0.1, -0.05) is 23.7 Å². The lowest BCUT2D eigenvalue weighted by atomic mass is 10.0. The fourth-order valence-electron chi connectivity index (χ4n) is 1.68. The van der Waals surface area contributed by atoms with Crippen molar-refractivity contribution >= 4 is 11.6 Å². The maximum atomic E-state index is 13.8. The topological polar surface area (TPSA) is 51.2 Å². The van der Waals surface area contributed by atoms with E-state index < -0.39 is 5.82 Å². The summed E-state index contributed by atoms with van der Waals surface area (Å²) in [5.41, 5.74) is 2.99. The number of hydrazine groups is 1. The van der Waals surface area contributed by atoms with E-state index in [9.17, 15) is 4.39 Å². The van der Waals surface area contributed by atoms with E-state index in [1.165, 1.54) is 6.07 Å². The fourth-order valence-corrected chi connectivity index (χ4v) is 1.86. The largest absolute Gasteiger partial charge is 0.469 e. The smallest absolute Gasteiger partial charge is 0.146 e. The normalized spacial score (nSPS) is 12.6. The second-order valence-electron chi connectivity index (χ2n) is 3.65. The van der Waals surface area contributed by atoms with Crippen LogP contribution in [0.5, 0.6) is 0 Å². The van der Waals surface area contributed by atoms with Crippen LogP contribution in [0.15, 0.2) is 41.0 Å². The Morgan fingerprint density at radius 3 is 2.82 bits per heavy atom. The highest BCUT2D eigenvalue weighted by atomic mass is 35.5. The van der Waals surface area contributed by atoms with Crippen molar-refractivity contribution in [3.8, 4) is 0 Å². The van der Waals surface area contributed by atoms with Crippen LogP contribution in [0, 0.1) is 5.82 Å². The summed E-state index contributed by atoms with van der Waals surface area (Å²) < 4.78 is 19.0. The number of nitrogens with two attached hydrogens (primary N) is 1. The third kappa shape index (κ3) is 2.66. The summed E-state index contributed by atoms with van der Waals surface area (Å²) in [6, 6.07) is 8.05. The molecule has 0 radical (unpaired) electrons. The maximum absolute atomic E-state index is 13.8. The number of benzene rings is 1. The first-order chi connectivity index (χ1) is 8.22. The van der Waals surface area contributed by atoms with Gasteiger partial charge in [-0.15, -0.1) is 0 Å². The molecule has 0 amide bonds. The van der Waals surface area contributed by atoms with Gasteiger partial charge in [-0.25, -0.2) is 4.39 Å². The number of rotatable bonds is 4. The van der Waals surface area contributed by atoms with Gasteiger partial charge in [0.2, 0.25) is 0 Å². The molecular formula is C12H12ClFN2O. The Bertz CT molecular complexity index is 487. The summed E-state index contributed by atoms with van der Waals surface area (Å²) in [6.07, 6.45) is 2.03. The van der Waals surface area contributed by atoms with E-state index in [4.69, 9.17) is 21.9 Å². The number of nitrogens with one attached hydrogen (secondary N) is 1. The molecule has 1 aromatic heterocycles. The third-order valence-electron chi connectivity index (χ3n) is 2.54. The highest BCUT2D eigenvalue weighted by molar-refractivity contribution is 6.30. The molecular weight excluding hydrogens is 243 g/mol. The summed E-state index contributed by atoms with van der Waals surface area (Å²) in [5.74, 6) is 5.71. The SMILES string of the molecule is NNC(Cc1ccco1)c1cccc(Cl)c1F. The van der Waals surface area contributed by atoms with Crippen LogP contribution in [-0.4, -0.2) is 0 Å². The Balaban J connectivity index is 2.26. The van der Waals surface area contributed by atoms with Crippen molar-refractivity contribution in [2.75, 3.05) is 0 Å². The Morgan fingerprint density at radius 2 is 2.18 bits per heavy atom. The van der Waals surface area contributed by atoms with Gasteiger partial charge in [0, 0.05) is 12.0 Å². The van der Waals surface area contributed by atoms with Crippen molar-refractivity contribution in [3.63, 3.8) is 0 Å². The molecule has 17 heavy (non-hydrogen) atoms. The molecule has 1 atom stereocenters. The second kappa shape index (κ2) is 5.31. The molecule has 0 aliphatic carbocycles. The van der Waals surface area contributed by atoms with Gasteiger partial charge in [0.25, 0.3) is 0 Å². The minimum Gasteiger partial charge on any atom is -0.469 e. The molecule has 1 heterocycles. The average Bonchev–Trinajstić information content (AvgIpc) is 2.83. The van der Waals surface area contributed by atoms with Crippen LogP contribution in [0.3, 0.4) is 0 Å². The van der Waals surface area contributed by atoms with Crippen LogP contribution in [0.25, 0.3) is 0 Å². The van der Waals surface area contributed by atoms with Crippen molar-refractivity contribution < 1.29 is 8.81 Å². The number of hydrogen-bond acceptors (Lipinski definition) is 3. The quantitative estimate of drug-likeness (QED) is 0.652. The number of hydrogen-bond donors (Lipinski definition) is 2. The molecule has 0 bridgehead atoms.